The van der Waals surface area contributed by atoms with Crippen LogP contribution in [0.25, 0.3) is 0 Å². The average molecular weight is 239 g/mol. The first-order valence-electron chi connectivity index (χ1n) is 5.42. The molecule has 2 rings (SSSR count). The molecule has 0 amide bonds. The maximum atomic E-state index is 5.93. The van der Waals surface area contributed by atoms with E-state index in [1.807, 2.05) is 25.1 Å². The molecule has 0 saturated heterocycles. The monoisotopic (exact) mass is 238 g/mol. The number of benzene rings is 1. The highest BCUT2D eigenvalue weighted by molar-refractivity contribution is 6.31. The van der Waals surface area contributed by atoms with Gasteiger partial charge in [-0.05, 0) is 30.7 Å². The minimum atomic E-state index is 0.646. The molecule has 0 unspecified atom stereocenters. The summed E-state index contributed by atoms with van der Waals surface area (Å²) in [4.78, 5) is 4.30. The van der Waals surface area contributed by atoms with Gasteiger partial charge < -0.3 is 10.1 Å². The molecule has 1 aliphatic rings. The summed E-state index contributed by atoms with van der Waals surface area (Å²) in [7, 11) is 0. The Morgan fingerprint density at radius 2 is 2.38 bits per heavy atom. The van der Waals surface area contributed by atoms with Gasteiger partial charge in [0.2, 0.25) is 0 Å². The normalized spacial score (nSPS) is 14.5. The first-order valence-corrected chi connectivity index (χ1v) is 5.79. The number of nitrogens with zero attached hydrogens (tertiary/aromatic N) is 1. The van der Waals surface area contributed by atoms with Gasteiger partial charge in [-0.15, -0.1) is 0 Å². The van der Waals surface area contributed by atoms with Crippen LogP contribution in [0.15, 0.2) is 23.2 Å². The molecular formula is C12H15ClN2O. The molecule has 0 spiro atoms. The van der Waals surface area contributed by atoms with E-state index in [1.165, 1.54) is 0 Å². The molecule has 0 aromatic heterocycles. The van der Waals surface area contributed by atoms with Gasteiger partial charge in [0, 0.05) is 18.0 Å². The highest BCUT2D eigenvalue weighted by Crippen LogP contribution is 2.21. The fourth-order valence-corrected chi connectivity index (χ4v) is 1.70. The Balaban J connectivity index is 1.82. The molecule has 1 N–H and O–H groups in total. The smallest absolute Gasteiger partial charge is 0.119 e. The van der Waals surface area contributed by atoms with Crippen molar-refractivity contribution in [1.29, 1.82) is 0 Å². The third-order valence-electron chi connectivity index (χ3n) is 2.48. The SMILES string of the molecule is Cc1cc(OCCC2=NCCN2)ccc1Cl. The van der Waals surface area contributed by atoms with E-state index in [2.05, 4.69) is 10.3 Å². The van der Waals surface area contributed by atoms with E-state index < -0.39 is 0 Å². The quantitative estimate of drug-likeness (QED) is 0.874. The third kappa shape index (κ3) is 2.89. The van der Waals surface area contributed by atoms with Gasteiger partial charge in [-0.25, -0.2) is 0 Å². The molecule has 3 nitrogen and oxygen atoms in total. The Morgan fingerprint density at radius 1 is 1.50 bits per heavy atom. The minimum Gasteiger partial charge on any atom is -0.493 e. The number of ether oxygens (including phenoxy) is 1. The summed E-state index contributed by atoms with van der Waals surface area (Å²) in [6.45, 7) is 4.45. The van der Waals surface area contributed by atoms with Crippen LogP contribution in [0, 0.1) is 6.92 Å². The molecule has 16 heavy (non-hydrogen) atoms. The van der Waals surface area contributed by atoms with Gasteiger partial charge in [0.05, 0.1) is 19.0 Å². The van der Waals surface area contributed by atoms with Gasteiger partial charge in [0.1, 0.15) is 5.75 Å². The lowest BCUT2D eigenvalue weighted by Gasteiger charge is -2.07. The lowest BCUT2D eigenvalue weighted by molar-refractivity contribution is 0.328. The zero-order valence-corrected chi connectivity index (χ0v) is 10.0. The molecule has 0 atom stereocenters. The van der Waals surface area contributed by atoms with Crippen molar-refractivity contribution >= 4 is 17.4 Å². The van der Waals surface area contributed by atoms with Crippen LogP contribution in [0.3, 0.4) is 0 Å². The van der Waals surface area contributed by atoms with Gasteiger partial charge in [-0.3, -0.25) is 4.99 Å². The number of hydrogen-bond donors (Lipinski definition) is 1. The summed E-state index contributed by atoms with van der Waals surface area (Å²) < 4.78 is 5.62. The van der Waals surface area contributed by atoms with Crippen molar-refractivity contribution in [3.05, 3.63) is 28.8 Å². The molecule has 1 aromatic carbocycles. The fraction of sp³-hybridized carbons (Fsp3) is 0.417. The van der Waals surface area contributed by atoms with Crippen LogP contribution in [0.5, 0.6) is 5.75 Å². The molecule has 0 fully saturated rings. The average Bonchev–Trinajstić information content (AvgIpc) is 2.76. The van der Waals surface area contributed by atoms with Crippen LogP contribution in [0.1, 0.15) is 12.0 Å². The second kappa shape index (κ2) is 5.21. The number of aryl methyl sites for hydroxylation is 1. The van der Waals surface area contributed by atoms with E-state index in [1.54, 1.807) is 0 Å². The first kappa shape index (κ1) is 11.3. The summed E-state index contributed by atoms with van der Waals surface area (Å²) in [5, 5.41) is 3.98. The zero-order chi connectivity index (χ0) is 11.4. The summed E-state index contributed by atoms with van der Waals surface area (Å²) in [6, 6.07) is 5.70. The Labute approximate surface area is 100 Å². The van der Waals surface area contributed by atoms with Gasteiger partial charge >= 0.3 is 0 Å². The maximum Gasteiger partial charge on any atom is 0.119 e. The lowest BCUT2D eigenvalue weighted by atomic mass is 10.2. The van der Waals surface area contributed by atoms with Crippen LogP contribution in [0.4, 0.5) is 0 Å². The Kier molecular flexibility index (Phi) is 3.67. The summed E-state index contributed by atoms with van der Waals surface area (Å²) in [5.74, 6) is 1.91. The minimum absolute atomic E-state index is 0.646. The molecule has 1 aliphatic heterocycles. The van der Waals surface area contributed by atoms with E-state index in [0.29, 0.717) is 6.61 Å². The molecule has 1 heterocycles. The van der Waals surface area contributed by atoms with E-state index >= 15 is 0 Å². The van der Waals surface area contributed by atoms with Crippen LogP contribution >= 0.6 is 11.6 Å². The number of amidine groups is 1. The first-order chi connectivity index (χ1) is 7.75. The van der Waals surface area contributed by atoms with Gasteiger partial charge in [0.15, 0.2) is 0 Å². The summed E-state index contributed by atoms with van der Waals surface area (Å²) >= 11 is 5.93. The van der Waals surface area contributed by atoms with E-state index in [-0.39, 0.29) is 0 Å². The summed E-state index contributed by atoms with van der Waals surface area (Å²) in [5.41, 5.74) is 1.04. The van der Waals surface area contributed by atoms with Crippen LogP contribution in [0.2, 0.25) is 5.02 Å². The Bertz CT molecular complexity index is 404. The van der Waals surface area contributed by atoms with Gasteiger partial charge in [-0.1, -0.05) is 11.6 Å². The van der Waals surface area contributed by atoms with Gasteiger partial charge in [-0.2, -0.15) is 0 Å². The van der Waals surface area contributed by atoms with E-state index in [9.17, 15) is 0 Å². The molecule has 4 heteroatoms. The van der Waals surface area contributed by atoms with Crippen molar-refractivity contribution in [3.63, 3.8) is 0 Å². The number of aliphatic imine (C=N–C) groups is 1. The number of rotatable bonds is 4. The molecule has 0 radical (unpaired) electrons. The van der Waals surface area contributed by atoms with E-state index in [4.69, 9.17) is 16.3 Å². The van der Waals surface area contributed by atoms with Crippen molar-refractivity contribution < 1.29 is 4.74 Å². The topological polar surface area (TPSA) is 33.6 Å². The Hall–Kier alpha value is -1.22. The summed E-state index contributed by atoms with van der Waals surface area (Å²) in [6.07, 6.45) is 0.835. The van der Waals surface area contributed by atoms with Crippen LogP contribution in [-0.2, 0) is 0 Å². The van der Waals surface area contributed by atoms with Crippen molar-refractivity contribution in [2.75, 3.05) is 19.7 Å². The molecule has 0 bridgehead atoms. The highest BCUT2D eigenvalue weighted by Gasteiger charge is 2.05. The van der Waals surface area contributed by atoms with E-state index in [0.717, 1.165) is 41.7 Å². The van der Waals surface area contributed by atoms with Crippen molar-refractivity contribution in [2.24, 2.45) is 4.99 Å². The van der Waals surface area contributed by atoms with Crippen molar-refractivity contribution in [3.8, 4) is 5.75 Å². The Morgan fingerprint density at radius 3 is 3.06 bits per heavy atom. The van der Waals surface area contributed by atoms with Crippen LogP contribution in [-0.4, -0.2) is 25.5 Å². The van der Waals surface area contributed by atoms with Crippen molar-refractivity contribution in [1.82, 2.24) is 5.32 Å². The second-order valence-electron chi connectivity index (χ2n) is 3.76. The largest absolute Gasteiger partial charge is 0.493 e. The number of hydrogen-bond acceptors (Lipinski definition) is 3. The fourth-order valence-electron chi connectivity index (χ4n) is 1.59. The molecule has 1 aromatic rings. The predicted octanol–water partition coefficient (Wildman–Crippen LogP) is 2.42. The maximum absolute atomic E-state index is 5.93. The zero-order valence-electron chi connectivity index (χ0n) is 9.29. The molecular weight excluding hydrogens is 224 g/mol. The highest BCUT2D eigenvalue weighted by atomic mass is 35.5. The molecule has 86 valence electrons. The second-order valence-corrected chi connectivity index (χ2v) is 4.17. The number of halogens is 1. The standard InChI is InChI=1S/C12H15ClN2O/c1-9-8-10(2-3-11(9)13)16-7-4-12-14-5-6-15-12/h2-3,8H,4-7H2,1H3,(H,14,15). The third-order valence-corrected chi connectivity index (χ3v) is 2.90. The van der Waals surface area contributed by atoms with Crippen molar-refractivity contribution in [2.45, 2.75) is 13.3 Å². The van der Waals surface area contributed by atoms with Gasteiger partial charge in [0.25, 0.3) is 0 Å². The predicted molar refractivity (Wildman–Crippen MR) is 66.6 cm³/mol. The molecule has 0 aliphatic carbocycles. The molecule has 0 saturated carbocycles. The lowest BCUT2D eigenvalue weighted by Crippen LogP contribution is -2.20. The number of nitrogens with one attached hydrogen (secondary N) is 1. The van der Waals surface area contributed by atoms with Crippen LogP contribution < -0.4 is 10.1 Å².